The largest absolute Gasteiger partial charge is 0.508 e. The van der Waals surface area contributed by atoms with Crippen LogP contribution in [0.3, 0.4) is 0 Å². The van der Waals surface area contributed by atoms with Gasteiger partial charge in [-0.2, -0.15) is 0 Å². The molecule has 0 aliphatic heterocycles. The third kappa shape index (κ3) is 7.23. The smallest absolute Gasteiger partial charge is 0.310 e. The summed E-state index contributed by atoms with van der Waals surface area (Å²) in [5, 5.41) is 20.0. The Balaban J connectivity index is 1.41. The van der Waals surface area contributed by atoms with E-state index in [4.69, 9.17) is 9.47 Å². The van der Waals surface area contributed by atoms with Crippen LogP contribution in [0.4, 0.5) is 0 Å². The molecular weight excluding hydrogens is 480 g/mol. The number of phenols is 2. The molecule has 38 heavy (non-hydrogen) atoms. The maximum atomic E-state index is 12.5. The SMILES string of the molecule is Cc1ccc(COC(=O)Cc2ccc(C)c(-c3cc(CC(=O)OCc4ccc(O)cc4)ccc3O)c2)cc1. The van der Waals surface area contributed by atoms with E-state index in [1.165, 1.54) is 12.1 Å². The van der Waals surface area contributed by atoms with Crippen molar-refractivity contribution in [2.45, 2.75) is 39.9 Å². The Morgan fingerprint density at radius 3 is 1.66 bits per heavy atom. The predicted molar refractivity (Wildman–Crippen MR) is 145 cm³/mol. The van der Waals surface area contributed by atoms with Crippen molar-refractivity contribution in [1.29, 1.82) is 0 Å². The van der Waals surface area contributed by atoms with Crippen molar-refractivity contribution < 1.29 is 29.3 Å². The quantitative estimate of drug-likeness (QED) is 0.270. The van der Waals surface area contributed by atoms with E-state index in [2.05, 4.69) is 0 Å². The first-order valence-corrected chi connectivity index (χ1v) is 12.3. The highest BCUT2D eigenvalue weighted by Gasteiger charge is 2.14. The fourth-order valence-electron chi connectivity index (χ4n) is 4.02. The van der Waals surface area contributed by atoms with E-state index < -0.39 is 5.97 Å². The molecule has 0 amide bonds. The molecule has 6 nitrogen and oxygen atoms in total. The van der Waals surface area contributed by atoms with E-state index in [1.54, 1.807) is 30.3 Å². The summed E-state index contributed by atoms with van der Waals surface area (Å²) in [7, 11) is 0. The van der Waals surface area contributed by atoms with Gasteiger partial charge >= 0.3 is 11.9 Å². The topological polar surface area (TPSA) is 93.1 Å². The van der Waals surface area contributed by atoms with Gasteiger partial charge in [0.25, 0.3) is 0 Å². The lowest BCUT2D eigenvalue weighted by molar-refractivity contribution is -0.145. The van der Waals surface area contributed by atoms with E-state index in [1.807, 2.05) is 56.3 Å². The molecule has 4 rings (SSSR count). The van der Waals surface area contributed by atoms with Gasteiger partial charge < -0.3 is 19.7 Å². The molecule has 0 unspecified atom stereocenters. The lowest BCUT2D eigenvalue weighted by atomic mass is 9.94. The van der Waals surface area contributed by atoms with E-state index in [0.29, 0.717) is 11.1 Å². The molecule has 0 radical (unpaired) electrons. The zero-order chi connectivity index (χ0) is 27.1. The van der Waals surface area contributed by atoms with Gasteiger partial charge in [0.05, 0.1) is 12.8 Å². The molecule has 194 valence electrons. The van der Waals surface area contributed by atoms with Crippen LogP contribution in [-0.2, 0) is 45.1 Å². The molecule has 0 aromatic heterocycles. The number of hydrogen-bond acceptors (Lipinski definition) is 6. The molecule has 0 bridgehead atoms. The maximum Gasteiger partial charge on any atom is 0.310 e. The van der Waals surface area contributed by atoms with Gasteiger partial charge in [0.1, 0.15) is 24.7 Å². The Hall–Kier alpha value is -4.58. The molecule has 0 heterocycles. The lowest BCUT2D eigenvalue weighted by Gasteiger charge is -2.13. The van der Waals surface area contributed by atoms with Gasteiger partial charge in [0.15, 0.2) is 0 Å². The summed E-state index contributed by atoms with van der Waals surface area (Å²) in [6.07, 6.45) is 0.138. The van der Waals surface area contributed by atoms with Crippen LogP contribution in [0.25, 0.3) is 11.1 Å². The van der Waals surface area contributed by atoms with Gasteiger partial charge in [0, 0.05) is 5.56 Å². The molecule has 2 N–H and O–H groups in total. The Kier molecular flexibility index (Phi) is 8.44. The van der Waals surface area contributed by atoms with Crippen LogP contribution in [0.5, 0.6) is 11.5 Å². The van der Waals surface area contributed by atoms with Crippen LogP contribution in [0.15, 0.2) is 84.9 Å². The van der Waals surface area contributed by atoms with Crippen LogP contribution in [-0.4, -0.2) is 22.2 Å². The van der Waals surface area contributed by atoms with Crippen molar-refractivity contribution in [2.24, 2.45) is 0 Å². The van der Waals surface area contributed by atoms with Gasteiger partial charge in [0.2, 0.25) is 0 Å². The van der Waals surface area contributed by atoms with E-state index >= 15 is 0 Å². The number of esters is 2. The first-order valence-electron chi connectivity index (χ1n) is 12.3. The van der Waals surface area contributed by atoms with Crippen molar-refractivity contribution in [1.82, 2.24) is 0 Å². The summed E-state index contributed by atoms with van der Waals surface area (Å²) in [5.41, 5.74) is 6.55. The van der Waals surface area contributed by atoms with Crippen LogP contribution in [0.2, 0.25) is 0 Å². The van der Waals surface area contributed by atoms with E-state index in [0.717, 1.165) is 33.4 Å². The predicted octanol–water partition coefficient (Wildman–Crippen LogP) is 5.95. The number of ether oxygens (including phenoxy) is 2. The Morgan fingerprint density at radius 1 is 0.605 bits per heavy atom. The molecule has 0 atom stereocenters. The Morgan fingerprint density at radius 2 is 1.08 bits per heavy atom. The monoisotopic (exact) mass is 510 g/mol. The van der Waals surface area contributed by atoms with Crippen molar-refractivity contribution in [3.05, 3.63) is 118 Å². The summed E-state index contributed by atoms with van der Waals surface area (Å²) >= 11 is 0. The van der Waals surface area contributed by atoms with Crippen molar-refractivity contribution in [2.75, 3.05) is 0 Å². The number of phenolic OH excluding ortho intramolecular Hbond substituents is 2. The Labute approximate surface area is 222 Å². The Bertz CT molecular complexity index is 1310. The van der Waals surface area contributed by atoms with E-state index in [9.17, 15) is 19.8 Å². The number of aryl methyl sites for hydroxylation is 2. The number of rotatable bonds is 9. The normalized spacial score (nSPS) is 10.7. The molecule has 0 aliphatic rings. The minimum absolute atomic E-state index is 0.0371. The van der Waals surface area contributed by atoms with Crippen molar-refractivity contribution >= 4 is 11.9 Å². The van der Waals surface area contributed by atoms with Gasteiger partial charge in [-0.05, 0) is 71.5 Å². The molecule has 4 aromatic carbocycles. The molecule has 4 aromatic rings. The number of carbonyl (C=O) groups is 2. The lowest BCUT2D eigenvalue weighted by Crippen LogP contribution is -2.08. The van der Waals surface area contributed by atoms with Gasteiger partial charge in [-0.1, -0.05) is 66.2 Å². The fourth-order valence-corrected chi connectivity index (χ4v) is 4.02. The van der Waals surface area contributed by atoms with Gasteiger partial charge in [-0.25, -0.2) is 0 Å². The fraction of sp³-hybridized carbons (Fsp3) is 0.188. The number of benzene rings is 4. The zero-order valence-corrected chi connectivity index (χ0v) is 21.4. The van der Waals surface area contributed by atoms with Crippen LogP contribution >= 0.6 is 0 Å². The summed E-state index contributed by atoms with van der Waals surface area (Å²) in [4.78, 5) is 24.9. The molecule has 0 aliphatic carbocycles. The minimum Gasteiger partial charge on any atom is -0.508 e. The van der Waals surface area contributed by atoms with Gasteiger partial charge in [-0.3, -0.25) is 9.59 Å². The maximum absolute atomic E-state index is 12.5. The molecule has 0 saturated carbocycles. The van der Waals surface area contributed by atoms with Crippen molar-refractivity contribution in [3.63, 3.8) is 0 Å². The van der Waals surface area contributed by atoms with Crippen LogP contribution in [0, 0.1) is 13.8 Å². The standard InChI is InChI=1S/C32H30O6/c1-21-3-6-23(7-4-21)19-37-31(35)17-25-8-5-22(2)28(15-25)29-16-26(11-14-30(29)34)18-32(36)38-20-24-9-12-27(33)13-10-24/h3-16,33-34H,17-20H2,1-2H3. The highest BCUT2D eigenvalue weighted by atomic mass is 16.5. The minimum atomic E-state index is -0.406. The summed E-state index contributed by atoms with van der Waals surface area (Å²) in [5.74, 6) is -0.519. The molecule has 0 saturated heterocycles. The van der Waals surface area contributed by atoms with Crippen LogP contribution in [0.1, 0.15) is 33.4 Å². The molecule has 0 spiro atoms. The molecule has 6 heteroatoms. The first kappa shape index (κ1) is 26.5. The van der Waals surface area contributed by atoms with Gasteiger partial charge in [-0.15, -0.1) is 0 Å². The van der Waals surface area contributed by atoms with E-state index in [-0.39, 0.29) is 43.5 Å². The summed E-state index contributed by atoms with van der Waals surface area (Å²) in [6, 6.07) is 24.9. The third-order valence-corrected chi connectivity index (χ3v) is 6.21. The number of aromatic hydroxyl groups is 2. The average molecular weight is 511 g/mol. The second-order valence-corrected chi connectivity index (χ2v) is 9.33. The summed E-state index contributed by atoms with van der Waals surface area (Å²) in [6.45, 7) is 4.24. The number of hydrogen-bond donors (Lipinski definition) is 2. The highest BCUT2D eigenvalue weighted by molar-refractivity contribution is 5.79. The highest BCUT2D eigenvalue weighted by Crippen LogP contribution is 2.33. The second kappa shape index (κ2) is 12.1. The third-order valence-electron chi connectivity index (χ3n) is 6.21. The first-order chi connectivity index (χ1) is 18.3. The van der Waals surface area contributed by atoms with Crippen LogP contribution < -0.4 is 0 Å². The van der Waals surface area contributed by atoms with Crippen molar-refractivity contribution in [3.8, 4) is 22.6 Å². The second-order valence-electron chi connectivity index (χ2n) is 9.33. The average Bonchev–Trinajstić information content (AvgIpc) is 2.90. The zero-order valence-electron chi connectivity index (χ0n) is 21.4. The molecular formula is C32H30O6. The summed E-state index contributed by atoms with van der Waals surface area (Å²) < 4.78 is 10.8. The number of carbonyl (C=O) groups excluding carboxylic acids is 2. The molecule has 0 fully saturated rings.